The maximum Gasteiger partial charge on any atom is 0.305 e. The molecule has 0 saturated heterocycles. The average molecular weight is 208 g/mol. The highest BCUT2D eigenvalue weighted by atomic mass is 16.4. The Balaban J connectivity index is 2.63. The van der Waals surface area contributed by atoms with Gasteiger partial charge in [-0.05, 0) is 18.1 Å². The summed E-state index contributed by atoms with van der Waals surface area (Å²) in [6.07, 6.45) is 1.79. The molecule has 2 N–H and O–H groups in total. The standard InChI is InChI=1S/C11H16N2O2/c1-8(2)9(7-11(14)15)13-10-5-3-4-6-12-10/h3-6,8-9H,7H2,1-2H3,(H,12,13)(H,14,15). The second-order valence-corrected chi connectivity index (χ2v) is 3.81. The number of hydrogen-bond donors (Lipinski definition) is 2. The van der Waals surface area contributed by atoms with Crippen LogP contribution in [0, 0.1) is 5.92 Å². The van der Waals surface area contributed by atoms with Crippen LogP contribution in [0.4, 0.5) is 5.82 Å². The molecule has 0 aromatic carbocycles. The Hall–Kier alpha value is -1.58. The summed E-state index contributed by atoms with van der Waals surface area (Å²) >= 11 is 0. The summed E-state index contributed by atoms with van der Waals surface area (Å²) in [5.41, 5.74) is 0. The molecule has 0 bridgehead atoms. The Morgan fingerprint density at radius 1 is 1.53 bits per heavy atom. The fourth-order valence-electron chi connectivity index (χ4n) is 1.28. The van der Waals surface area contributed by atoms with Crippen LogP contribution in [-0.2, 0) is 4.79 Å². The molecular weight excluding hydrogens is 192 g/mol. The number of hydrogen-bond acceptors (Lipinski definition) is 3. The molecule has 1 atom stereocenters. The molecule has 0 radical (unpaired) electrons. The third-order valence-corrected chi connectivity index (χ3v) is 2.20. The summed E-state index contributed by atoms with van der Waals surface area (Å²) in [7, 11) is 0. The monoisotopic (exact) mass is 208 g/mol. The normalized spacial score (nSPS) is 12.5. The van der Waals surface area contributed by atoms with Gasteiger partial charge in [-0.15, -0.1) is 0 Å². The second-order valence-electron chi connectivity index (χ2n) is 3.81. The van der Waals surface area contributed by atoms with Crippen LogP contribution in [-0.4, -0.2) is 22.1 Å². The molecule has 4 nitrogen and oxygen atoms in total. The van der Waals surface area contributed by atoms with Crippen molar-refractivity contribution in [2.75, 3.05) is 5.32 Å². The molecule has 1 rings (SSSR count). The molecule has 0 aliphatic heterocycles. The third kappa shape index (κ3) is 3.97. The third-order valence-electron chi connectivity index (χ3n) is 2.20. The van der Waals surface area contributed by atoms with E-state index in [0.29, 0.717) is 0 Å². The van der Waals surface area contributed by atoms with Gasteiger partial charge in [0.15, 0.2) is 0 Å². The smallest absolute Gasteiger partial charge is 0.305 e. The minimum Gasteiger partial charge on any atom is -0.481 e. The van der Waals surface area contributed by atoms with Gasteiger partial charge in [0.05, 0.1) is 6.42 Å². The predicted molar refractivity (Wildman–Crippen MR) is 58.7 cm³/mol. The van der Waals surface area contributed by atoms with Crippen LogP contribution in [0.3, 0.4) is 0 Å². The molecule has 1 aromatic rings. The van der Waals surface area contributed by atoms with Gasteiger partial charge in [-0.2, -0.15) is 0 Å². The summed E-state index contributed by atoms with van der Waals surface area (Å²) in [4.78, 5) is 14.7. The number of aliphatic carboxylic acids is 1. The van der Waals surface area contributed by atoms with Crippen LogP contribution in [0.25, 0.3) is 0 Å². The first-order valence-electron chi connectivity index (χ1n) is 4.99. The summed E-state index contributed by atoms with van der Waals surface area (Å²) in [5.74, 6) is 0.178. The molecule has 4 heteroatoms. The summed E-state index contributed by atoms with van der Waals surface area (Å²) < 4.78 is 0. The molecule has 15 heavy (non-hydrogen) atoms. The number of carbonyl (C=O) groups is 1. The molecule has 82 valence electrons. The first-order valence-corrected chi connectivity index (χ1v) is 4.99. The van der Waals surface area contributed by atoms with Crippen molar-refractivity contribution in [1.82, 2.24) is 4.98 Å². The van der Waals surface area contributed by atoms with Gasteiger partial charge < -0.3 is 10.4 Å². The molecule has 1 unspecified atom stereocenters. The van der Waals surface area contributed by atoms with Crippen molar-refractivity contribution in [1.29, 1.82) is 0 Å². The SMILES string of the molecule is CC(C)C(CC(=O)O)Nc1ccccn1. The van der Waals surface area contributed by atoms with Gasteiger partial charge in [-0.1, -0.05) is 19.9 Å². The molecule has 0 amide bonds. The largest absolute Gasteiger partial charge is 0.481 e. The van der Waals surface area contributed by atoms with E-state index in [2.05, 4.69) is 10.3 Å². The van der Waals surface area contributed by atoms with Crippen molar-refractivity contribution in [2.24, 2.45) is 5.92 Å². The molecule has 1 aromatic heterocycles. The molecular formula is C11H16N2O2. The van der Waals surface area contributed by atoms with Gasteiger partial charge in [0.2, 0.25) is 0 Å². The zero-order valence-electron chi connectivity index (χ0n) is 8.97. The van der Waals surface area contributed by atoms with E-state index < -0.39 is 5.97 Å². The van der Waals surface area contributed by atoms with Crippen LogP contribution < -0.4 is 5.32 Å². The Kier molecular flexibility index (Phi) is 4.09. The van der Waals surface area contributed by atoms with E-state index in [1.165, 1.54) is 0 Å². The maximum absolute atomic E-state index is 10.6. The topological polar surface area (TPSA) is 62.2 Å². The molecule has 0 spiro atoms. The minimum absolute atomic E-state index is 0.0857. The lowest BCUT2D eigenvalue weighted by Gasteiger charge is -2.20. The number of nitrogens with zero attached hydrogens (tertiary/aromatic N) is 1. The van der Waals surface area contributed by atoms with E-state index in [1.807, 2.05) is 32.0 Å². The summed E-state index contributed by atoms with van der Waals surface area (Å²) in [6.45, 7) is 3.98. The number of pyridine rings is 1. The lowest BCUT2D eigenvalue weighted by Crippen LogP contribution is -2.28. The minimum atomic E-state index is -0.794. The van der Waals surface area contributed by atoms with Gasteiger partial charge in [-0.3, -0.25) is 4.79 Å². The zero-order chi connectivity index (χ0) is 11.3. The van der Waals surface area contributed by atoms with E-state index in [0.717, 1.165) is 5.82 Å². The molecule has 0 saturated carbocycles. The van der Waals surface area contributed by atoms with Gasteiger partial charge in [0, 0.05) is 12.2 Å². The predicted octanol–water partition coefficient (Wildman–Crippen LogP) is 1.99. The number of anilines is 1. The van der Waals surface area contributed by atoms with Crippen LogP contribution in [0.1, 0.15) is 20.3 Å². The zero-order valence-corrected chi connectivity index (χ0v) is 8.97. The maximum atomic E-state index is 10.6. The van der Waals surface area contributed by atoms with Crippen LogP contribution in [0.5, 0.6) is 0 Å². The van der Waals surface area contributed by atoms with E-state index in [1.54, 1.807) is 6.20 Å². The fraction of sp³-hybridized carbons (Fsp3) is 0.455. The average Bonchev–Trinajstić information content (AvgIpc) is 2.17. The van der Waals surface area contributed by atoms with E-state index >= 15 is 0 Å². The quantitative estimate of drug-likeness (QED) is 0.776. The lowest BCUT2D eigenvalue weighted by atomic mass is 10.0. The highest BCUT2D eigenvalue weighted by Gasteiger charge is 2.16. The Morgan fingerprint density at radius 3 is 2.73 bits per heavy atom. The van der Waals surface area contributed by atoms with Gasteiger partial charge in [0.25, 0.3) is 0 Å². The van der Waals surface area contributed by atoms with Crippen molar-refractivity contribution in [3.05, 3.63) is 24.4 Å². The Bertz CT molecular complexity index is 312. The van der Waals surface area contributed by atoms with E-state index in [-0.39, 0.29) is 18.4 Å². The van der Waals surface area contributed by atoms with E-state index in [9.17, 15) is 4.79 Å². The van der Waals surface area contributed by atoms with Gasteiger partial charge >= 0.3 is 5.97 Å². The Labute approximate surface area is 89.3 Å². The van der Waals surface area contributed by atoms with Gasteiger partial charge in [0.1, 0.15) is 5.82 Å². The Morgan fingerprint density at radius 2 is 2.27 bits per heavy atom. The first kappa shape index (κ1) is 11.5. The van der Waals surface area contributed by atoms with Crippen molar-refractivity contribution >= 4 is 11.8 Å². The summed E-state index contributed by atoms with van der Waals surface area (Å²) in [5, 5.41) is 11.9. The first-order chi connectivity index (χ1) is 7.09. The fourth-order valence-corrected chi connectivity index (χ4v) is 1.28. The van der Waals surface area contributed by atoms with Crippen LogP contribution in [0.2, 0.25) is 0 Å². The van der Waals surface area contributed by atoms with Crippen molar-refractivity contribution in [3.8, 4) is 0 Å². The summed E-state index contributed by atoms with van der Waals surface area (Å²) in [6, 6.07) is 5.44. The molecule has 0 aliphatic rings. The van der Waals surface area contributed by atoms with Crippen molar-refractivity contribution in [2.45, 2.75) is 26.3 Å². The lowest BCUT2D eigenvalue weighted by molar-refractivity contribution is -0.137. The number of carboxylic acid groups (broad SMARTS) is 1. The number of rotatable bonds is 5. The highest BCUT2D eigenvalue weighted by molar-refractivity contribution is 5.68. The molecule has 1 heterocycles. The van der Waals surface area contributed by atoms with E-state index in [4.69, 9.17) is 5.11 Å². The highest BCUT2D eigenvalue weighted by Crippen LogP contribution is 2.12. The molecule has 0 fully saturated rings. The van der Waals surface area contributed by atoms with Gasteiger partial charge in [-0.25, -0.2) is 4.98 Å². The van der Waals surface area contributed by atoms with Crippen molar-refractivity contribution < 1.29 is 9.90 Å². The second kappa shape index (κ2) is 5.34. The molecule has 0 aliphatic carbocycles. The number of carboxylic acids is 1. The van der Waals surface area contributed by atoms with Crippen molar-refractivity contribution in [3.63, 3.8) is 0 Å². The number of aromatic nitrogens is 1. The number of nitrogens with one attached hydrogen (secondary N) is 1. The van der Waals surface area contributed by atoms with Crippen LogP contribution >= 0.6 is 0 Å². The van der Waals surface area contributed by atoms with Crippen LogP contribution in [0.15, 0.2) is 24.4 Å².